The Balaban J connectivity index is 2.00. The molecule has 28 heavy (non-hydrogen) atoms. The highest BCUT2D eigenvalue weighted by atomic mass is 16.5. The van der Waals surface area contributed by atoms with E-state index in [0.717, 1.165) is 16.8 Å². The van der Waals surface area contributed by atoms with Crippen molar-refractivity contribution in [1.29, 1.82) is 0 Å². The smallest absolute Gasteiger partial charge is 0.336 e. The third-order valence-corrected chi connectivity index (χ3v) is 3.89. The van der Waals surface area contributed by atoms with Crippen molar-refractivity contribution in [2.75, 3.05) is 0 Å². The number of hydrogen-bond acceptors (Lipinski definition) is 4. The van der Waals surface area contributed by atoms with Crippen LogP contribution in [0.4, 0.5) is 5.69 Å². The Kier molecular flexibility index (Phi) is 6.02. The molecule has 140 valence electrons. The van der Waals surface area contributed by atoms with Crippen molar-refractivity contribution in [2.45, 2.75) is 13.8 Å². The first-order valence-electron chi connectivity index (χ1n) is 8.92. The van der Waals surface area contributed by atoms with Gasteiger partial charge in [-0.3, -0.25) is 0 Å². The van der Waals surface area contributed by atoms with Gasteiger partial charge in [-0.15, -0.1) is 0 Å². The fourth-order valence-electron chi connectivity index (χ4n) is 2.66. The molecule has 0 saturated carbocycles. The van der Waals surface area contributed by atoms with Gasteiger partial charge in [0.05, 0.1) is 11.4 Å². The van der Waals surface area contributed by atoms with Gasteiger partial charge in [-0.2, -0.15) is 0 Å². The molecule has 0 fully saturated rings. The molecule has 4 nitrogen and oxygen atoms in total. The number of phenolic OH excluding ortho intramolecular Hbond substituents is 1. The van der Waals surface area contributed by atoms with E-state index in [1.807, 2.05) is 74.5 Å². The van der Waals surface area contributed by atoms with E-state index < -0.39 is 5.97 Å². The van der Waals surface area contributed by atoms with E-state index in [4.69, 9.17) is 9.73 Å². The molecule has 3 rings (SSSR count). The van der Waals surface area contributed by atoms with Crippen LogP contribution >= 0.6 is 0 Å². The number of carbonyl (C=O) groups is 1. The van der Waals surface area contributed by atoms with Crippen LogP contribution in [0.25, 0.3) is 0 Å². The Morgan fingerprint density at radius 3 is 2.18 bits per heavy atom. The Morgan fingerprint density at radius 1 is 0.929 bits per heavy atom. The van der Waals surface area contributed by atoms with Crippen molar-refractivity contribution in [3.8, 4) is 11.5 Å². The maximum absolute atomic E-state index is 11.8. The summed E-state index contributed by atoms with van der Waals surface area (Å²) in [5, 5.41) is 10.6. The van der Waals surface area contributed by atoms with Crippen molar-refractivity contribution in [1.82, 2.24) is 0 Å². The number of para-hydroxylation sites is 1. The normalized spacial score (nSPS) is 11.0. The first kappa shape index (κ1) is 19.1. The number of esters is 1. The first-order chi connectivity index (χ1) is 13.5. The molecule has 0 heterocycles. The highest BCUT2D eigenvalue weighted by Gasteiger charge is 2.14. The van der Waals surface area contributed by atoms with Crippen molar-refractivity contribution < 1.29 is 14.6 Å². The van der Waals surface area contributed by atoms with Crippen molar-refractivity contribution in [3.05, 3.63) is 102 Å². The molecule has 0 aliphatic rings. The number of aliphatic imine (C=N–C) groups is 1. The van der Waals surface area contributed by atoms with Crippen LogP contribution in [0.5, 0.6) is 11.5 Å². The second-order valence-corrected chi connectivity index (χ2v) is 6.48. The van der Waals surface area contributed by atoms with Crippen LogP contribution in [0.3, 0.4) is 0 Å². The number of hydrogen-bond donors (Lipinski definition) is 1. The molecule has 0 aromatic heterocycles. The average molecular weight is 371 g/mol. The Bertz CT molecular complexity index is 1020. The largest absolute Gasteiger partial charge is 0.507 e. The lowest BCUT2D eigenvalue weighted by Crippen LogP contribution is -2.06. The molecule has 1 N–H and O–H groups in total. The number of carbonyl (C=O) groups excluding carboxylic acids is 1. The molecule has 0 radical (unpaired) electrons. The van der Waals surface area contributed by atoms with Gasteiger partial charge in [0.1, 0.15) is 11.5 Å². The van der Waals surface area contributed by atoms with E-state index in [1.54, 1.807) is 12.1 Å². The molecule has 0 saturated heterocycles. The van der Waals surface area contributed by atoms with E-state index in [2.05, 4.69) is 0 Å². The number of aromatic hydroxyl groups is 1. The number of nitrogens with zero attached hydrogens (tertiary/aromatic N) is 1. The van der Waals surface area contributed by atoms with Crippen LogP contribution < -0.4 is 4.74 Å². The van der Waals surface area contributed by atoms with Gasteiger partial charge in [0.25, 0.3) is 0 Å². The van der Waals surface area contributed by atoms with Gasteiger partial charge in [-0.25, -0.2) is 9.79 Å². The summed E-state index contributed by atoms with van der Waals surface area (Å²) in [7, 11) is 0. The molecule has 0 atom stereocenters. The van der Waals surface area contributed by atoms with Crippen molar-refractivity contribution >= 4 is 17.4 Å². The zero-order valence-electron chi connectivity index (χ0n) is 15.8. The standard InChI is InChI=1S/C24H21NO3/c1-17(2)15-23(27)28-20-13-14-21(22(26)16-20)24(18-9-5-3-6-10-18)25-19-11-7-4-8-12-19/h3-16,26H,1-2H3. The Labute approximate surface area is 164 Å². The average Bonchev–Trinajstić information content (AvgIpc) is 2.67. The van der Waals surface area contributed by atoms with E-state index in [-0.39, 0.29) is 11.5 Å². The first-order valence-corrected chi connectivity index (χ1v) is 8.92. The zero-order valence-corrected chi connectivity index (χ0v) is 15.8. The summed E-state index contributed by atoms with van der Waals surface area (Å²) in [6.07, 6.45) is 1.40. The molecule has 3 aromatic carbocycles. The van der Waals surface area contributed by atoms with E-state index in [1.165, 1.54) is 12.1 Å². The molecular weight excluding hydrogens is 350 g/mol. The van der Waals surface area contributed by atoms with Crippen LogP contribution in [0.2, 0.25) is 0 Å². The molecule has 3 aromatic rings. The third-order valence-electron chi connectivity index (χ3n) is 3.89. The highest BCUT2D eigenvalue weighted by molar-refractivity contribution is 6.15. The summed E-state index contributed by atoms with van der Waals surface area (Å²) in [5.74, 6) is -0.217. The molecule has 0 aliphatic carbocycles. The predicted molar refractivity (Wildman–Crippen MR) is 111 cm³/mol. The van der Waals surface area contributed by atoms with Crippen LogP contribution in [0.1, 0.15) is 25.0 Å². The second-order valence-electron chi connectivity index (χ2n) is 6.48. The van der Waals surface area contributed by atoms with Gasteiger partial charge in [-0.1, -0.05) is 54.1 Å². The Hall–Kier alpha value is -3.66. The maximum atomic E-state index is 11.8. The highest BCUT2D eigenvalue weighted by Crippen LogP contribution is 2.28. The quantitative estimate of drug-likeness (QED) is 0.281. The van der Waals surface area contributed by atoms with Crippen LogP contribution in [-0.4, -0.2) is 16.8 Å². The number of rotatable bonds is 5. The number of allylic oxidation sites excluding steroid dienone is 1. The van der Waals surface area contributed by atoms with Crippen molar-refractivity contribution in [2.24, 2.45) is 4.99 Å². The lowest BCUT2D eigenvalue weighted by Gasteiger charge is -2.11. The minimum absolute atomic E-state index is 0.0129. The summed E-state index contributed by atoms with van der Waals surface area (Å²) in [5.41, 5.74) is 3.67. The SMILES string of the molecule is CC(C)=CC(=O)Oc1ccc(C(=Nc2ccccc2)c2ccccc2)c(O)c1. The van der Waals surface area contributed by atoms with Gasteiger partial charge in [0.2, 0.25) is 0 Å². The minimum Gasteiger partial charge on any atom is -0.507 e. The number of ether oxygens (including phenoxy) is 1. The molecule has 0 spiro atoms. The fourth-order valence-corrected chi connectivity index (χ4v) is 2.66. The van der Waals surface area contributed by atoms with Gasteiger partial charge in [-0.05, 0) is 38.1 Å². The van der Waals surface area contributed by atoms with Crippen molar-refractivity contribution in [3.63, 3.8) is 0 Å². The molecule has 0 amide bonds. The minimum atomic E-state index is -0.478. The summed E-state index contributed by atoms with van der Waals surface area (Å²) in [4.78, 5) is 16.5. The molecule has 4 heteroatoms. The van der Waals surface area contributed by atoms with E-state index in [0.29, 0.717) is 11.3 Å². The van der Waals surface area contributed by atoms with E-state index >= 15 is 0 Å². The topological polar surface area (TPSA) is 58.9 Å². The monoisotopic (exact) mass is 371 g/mol. The third kappa shape index (κ3) is 4.95. The second kappa shape index (κ2) is 8.82. The Morgan fingerprint density at radius 2 is 1.57 bits per heavy atom. The predicted octanol–water partition coefficient (Wildman–Crippen LogP) is 5.43. The van der Waals surface area contributed by atoms with Crippen LogP contribution in [-0.2, 0) is 4.79 Å². The molecular formula is C24H21NO3. The summed E-state index contributed by atoms with van der Waals surface area (Å²) >= 11 is 0. The lowest BCUT2D eigenvalue weighted by atomic mass is 10.0. The van der Waals surface area contributed by atoms with Crippen LogP contribution in [0.15, 0.2) is 95.5 Å². The van der Waals surface area contributed by atoms with E-state index in [9.17, 15) is 9.90 Å². The summed E-state index contributed by atoms with van der Waals surface area (Å²) in [6, 6.07) is 24.0. The number of phenols is 1. The fraction of sp³-hybridized carbons (Fsp3) is 0.0833. The maximum Gasteiger partial charge on any atom is 0.336 e. The molecule has 0 unspecified atom stereocenters. The lowest BCUT2D eigenvalue weighted by molar-refractivity contribution is -0.129. The summed E-state index contributed by atoms with van der Waals surface area (Å²) in [6.45, 7) is 3.63. The summed E-state index contributed by atoms with van der Waals surface area (Å²) < 4.78 is 5.25. The molecule has 0 aliphatic heterocycles. The van der Waals surface area contributed by atoms with Crippen LogP contribution in [0, 0.1) is 0 Å². The number of benzene rings is 3. The zero-order chi connectivity index (χ0) is 19.9. The van der Waals surface area contributed by atoms with Gasteiger partial charge < -0.3 is 9.84 Å². The van der Waals surface area contributed by atoms with Gasteiger partial charge >= 0.3 is 5.97 Å². The molecule has 0 bridgehead atoms. The van der Waals surface area contributed by atoms with Gasteiger partial charge in [0.15, 0.2) is 0 Å². The van der Waals surface area contributed by atoms with Gasteiger partial charge in [0, 0.05) is 23.3 Å².